The second kappa shape index (κ2) is 7.45. The first-order valence-corrected chi connectivity index (χ1v) is 7.40. The van der Waals surface area contributed by atoms with E-state index in [1.54, 1.807) is 43.3 Å². The highest BCUT2D eigenvalue weighted by Crippen LogP contribution is 2.23. The summed E-state index contributed by atoms with van der Waals surface area (Å²) in [6, 6.07) is 12.4. The molecule has 0 aliphatic rings. The minimum absolute atomic E-state index is 0.0682. The van der Waals surface area contributed by atoms with Crippen LogP contribution in [0.25, 0.3) is 0 Å². The van der Waals surface area contributed by atoms with Crippen LogP contribution in [-0.2, 0) is 4.79 Å². The summed E-state index contributed by atoms with van der Waals surface area (Å²) in [5.41, 5.74) is 2.68. The number of amides is 2. The molecule has 0 unspecified atom stereocenters. The average Bonchev–Trinajstić information content (AvgIpc) is 2.57. The Bertz CT molecular complexity index is 726. The summed E-state index contributed by atoms with van der Waals surface area (Å²) in [7, 11) is 1.52. The van der Waals surface area contributed by atoms with E-state index in [1.165, 1.54) is 7.11 Å². The minimum atomic E-state index is -0.265. The van der Waals surface area contributed by atoms with Crippen molar-refractivity contribution in [2.45, 2.75) is 20.3 Å². The largest absolute Gasteiger partial charge is 0.496 e. The Morgan fingerprint density at radius 2 is 1.83 bits per heavy atom. The minimum Gasteiger partial charge on any atom is -0.496 e. The van der Waals surface area contributed by atoms with Gasteiger partial charge in [-0.2, -0.15) is 0 Å². The first kappa shape index (κ1) is 16.5. The Labute approximate surface area is 135 Å². The molecule has 0 radical (unpaired) electrons. The first-order valence-electron chi connectivity index (χ1n) is 7.40. The van der Waals surface area contributed by atoms with Crippen molar-refractivity contribution in [1.29, 1.82) is 0 Å². The third kappa shape index (κ3) is 4.10. The molecule has 0 spiro atoms. The van der Waals surface area contributed by atoms with E-state index in [-0.39, 0.29) is 11.8 Å². The van der Waals surface area contributed by atoms with Gasteiger partial charge in [0.25, 0.3) is 5.91 Å². The fourth-order valence-corrected chi connectivity index (χ4v) is 2.10. The number of aryl methyl sites for hydroxylation is 1. The SMILES string of the molecule is CCC(=O)Nc1cc(NC(=O)c2ccccc2OC)ccc1C. The zero-order valence-electron chi connectivity index (χ0n) is 13.5. The van der Waals surface area contributed by atoms with Crippen LogP contribution >= 0.6 is 0 Å². The lowest BCUT2D eigenvalue weighted by molar-refractivity contribution is -0.115. The monoisotopic (exact) mass is 312 g/mol. The molecule has 0 aliphatic carbocycles. The molecular weight excluding hydrogens is 292 g/mol. The van der Waals surface area contributed by atoms with E-state index >= 15 is 0 Å². The van der Waals surface area contributed by atoms with Gasteiger partial charge in [-0.05, 0) is 36.8 Å². The number of anilines is 2. The highest BCUT2D eigenvalue weighted by atomic mass is 16.5. The lowest BCUT2D eigenvalue weighted by Crippen LogP contribution is -2.14. The molecule has 2 rings (SSSR count). The van der Waals surface area contributed by atoms with Gasteiger partial charge in [-0.3, -0.25) is 9.59 Å². The molecule has 0 atom stereocenters. The third-order valence-electron chi connectivity index (χ3n) is 3.44. The van der Waals surface area contributed by atoms with Gasteiger partial charge in [0.2, 0.25) is 5.91 Å². The number of ether oxygens (including phenoxy) is 1. The Hall–Kier alpha value is -2.82. The summed E-state index contributed by atoms with van der Waals surface area (Å²) in [6.07, 6.45) is 0.400. The van der Waals surface area contributed by atoms with Crippen molar-refractivity contribution >= 4 is 23.2 Å². The molecule has 0 bridgehead atoms. The zero-order chi connectivity index (χ0) is 16.8. The smallest absolute Gasteiger partial charge is 0.259 e. The van der Waals surface area contributed by atoms with E-state index in [0.29, 0.717) is 29.1 Å². The first-order chi connectivity index (χ1) is 11.0. The number of methoxy groups -OCH3 is 1. The second-order valence-electron chi connectivity index (χ2n) is 5.09. The van der Waals surface area contributed by atoms with E-state index in [9.17, 15) is 9.59 Å². The molecule has 0 saturated carbocycles. The molecule has 0 heterocycles. The van der Waals surface area contributed by atoms with Crippen LogP contribution in [0.15, 0.2) is 42.5 Å². The average molecular weight is 312 g/mol. The Morgan fingerprint density at radius 3 is 2.52 bits per heavy atom. The summed E-state index contributed by atoms with van der Waals surface area (Å²) in [5, 5.41) is 5.64. The van der Waals surface area contributed by atoms with Crippen LogP contribution in [0.1, 0.15) is 29.3 Å². The molecule has 0 fully saturated rings. The lowest BCUT2D eigenvalue weighted by atomic mass is 10.1. The van der Waals surface area contributed by atoms with Gasteiger partial charge in [0, 0.05) is 17.8 Å². The highest BCUT2D eigenvalue weighted by Gasteiger charge is 2.12. The zero-order valence-corrected chi connectivity index (χ0v) is 13.5. The molecule has 0 aliphatic heterocycles. The van der Waals surface area contributed by atoms with Gasteiger partial charge in [0.1, 0.15) is 5.75 Å². The van der Waals surface area contributed by atoms with E-state index in [4.69, 9.17) is 4.74 Å². The Balaban J connectivity index is 2.21. The standard InChI is InChI=1S/C18H20N2O3/c1-4-17(21)20-15-11-13(10-9-12(15)2)19-18(22)14-7-5-6-8-16(14)23-3/h5-11H,4H2,1-3H3,(H,19,22)(H,20,21). The summed E-state index contributed by atoms with van der Waals surface area (Å²) in [4.78, 5) is 23.9. The quantitative estimate of drug-likeness (QED) is 0.886. The number of rotatable bonds is 5. The van der Waals surface area contributed by atoms with Gasteiger partial charge in [-0.1, -0.05) is 25.1 Å². The Kier molecular flexibility index (Phi) is 5.36. The third-order valence-corrected chi connectivity index (χ3v) is 3.44. The molecule has 2 aromatic carbocycles. The maximum absolute atomic E-state index is 12.4. The topological polar surface area (TPSA) is 67.4 Å². The Morgan fingerprint density at radius 1 is 1.09 bits per heavy atom. The molecule has 5 heteroatoms. The van der Waals surface area contributed by atoms with Crippen LogP contribution in [-0.4, -0.2) is 18.9 Å². The number of benzene rings is 2. The van der Waals surface area contributed by atoms with Crippen LogP contribution in [0.4, 0.5) is 11.4 Å². The van der Waals surface area contributed by atoms with Gasteiger partial charge in [-0.15, -0.1) is 0 Å². The number of hydrogen-bond donors (Lipinski definition) is 2. The molecule has 2 N–H and O–H groups in total. The van der Waals surface area contributed by atoms with Crippen LogP contribution in [0, 0.1) is 6.92 Å². The predicted molar refractivity (Wildman–Crippen MR) is 91.0 cm³/mol. The van der Waals surface area contributed by atoms with Crippen molar-refractivity contribution in [1.82, 2.24) is 0 Å². The summed E-state index contributed by atoms with van der Waals surface area (Å²) in [5.74, 6) is 0.178. The maximum atomic E-state index is 12.4. The van der Waals surface area contributed by atoms with Crippen molar-refractivity contribution in [2.75, 3.05) is 17.7 Å². The fraction of sp³-hybridized carbons (Fsp3) is 0.222. The number of hydrogen-bond acceptors (Lipinski definition) is 3. The lowest BCUT2D eigenvalue weighted by Gasteiger charge is -2.12. The van der Waals surface area contributed by atoms with Crippen molar-refractivity contribution in [3.8, 4) is 5.75 Å². The van der Waals surface area contributed by atoms with E-state index in [1.807, 2.05) is 13.0 Å². The number of carbonyl (C=O) groups is 2. The molecule has 23 heavy (non-hydrogen) atoms. The number of carbonyl (C=O) groups excluding carboxylic acids is 2. The van der Waals surface area contributed by atoms with Crippen molar-refractivity contribution < 1.29 is 14.3 Å². The second-order valence-corrected chi connectivity index (χ2v) is 5.09. The van der Waals surface area contributed by atoms with Gasteiger partial charge in [-0.25, -0.2) is 0 Å². The van der Waals surface area contributed by atoms with Crippen LogP contribution in [0.5, 0.6) is 5.75 Å². The van der Waals surface area contributed by atoms with Crippen LogP contribution < -0.4 is 15.4 Å². The molecule has 120 valence electrons. The van der Waals surface area contributed by atoms with Gasteiger partial charge in [0.15, 0.2) is 0 Å². The number of para-hydroxylation sites is 1. The van der Waals surface area contributed by atoms with Crippen LogP contribution in [0.3, 0.4) is 0 Å². The molecule has 2 aromatic rings. The molecule has 2 amide bonds. The van der Waals surface area contributed by atoms with Crippen molar-refractivity contribution in [3.05, 3.63) is 53.6 Å². The molecule has 0 saturated heterocycles. The normalized spacial score (nSPS) is 10.0. The van der Waals surface area contributed by atoms with Crippen molar-refractivity contribution in [2.24, 2.45) is 0 Å². The summed E-state index contributed by atoms with van der Waals surface area (Å²) < 4.78 is 5.20. The number of nitrogens with one attached hydrogen (secondary N) is 2. The highest BCUT2D eigenvalue weighted by molar-refractivity contribution is 6.06. The van der Waals surface area contributed by atoms with Gasteiger partial charge >= 0.3 is 0 Å². The summed E-state index contributed by atoms with van der Waals surface area (Å²) >= 11 is 0. The predicted octanol–water partition coefficient (Wildman–Crippen LogP) is 3.60. The molecule has 0 aromatic heterocycles. The fourth-order valence-electron chi connectivity index (χ4n) is 2.10. The van der Waals surface area contributed by atoms with E-state index in [0.717, 1.165) is 5.56 Å². The van der Waals surface area contributed by atoms with E-state index < -0.39 is 0 Å². The van der Waals surface area contributed by atoms with Crippen molar-refractivity contribution in [3.63, 3.8) is 0 Å². The molecule has 5 nitrogen and oxygen atoms in total. The van der Waals surface area contributed by atoms with Gasteiger partial charge in [0.05, 0.1) is 12.7 Å². The maximum Gasteiger partial charge on any atom is 0.259 e. The van der Waals surface area contributed by atoms with Gasteiger partial charge < -0.3 is 15.4 Å². The van der Waals surface area contributed by atoms with Crippen LogP contribution in [0.2, 0.25) is 0 Å². The van der Waals surface area contributed by atoms with E-state index in [2.05, 4.69) is 10.6 Å². The summed E-state index contributed by atoms with van der Waals surface area (Å²) in [6.45, 7) is 3.69. The molecular formula is C18H20N2O3.